The van der Waals surface area contributed by atoms with Crippen LogP contribution in [-0.2, 0) is 11.3 Å². The molecule has 4 aromatic rings. The average molecular weight is 482 g/mol. The van der Waals surface area contributed by atoms with Gasteiger partial charge < -0.3 is 10.2 Å². The number of nitrogens with one attached hydrogen (secondary N) is 1. The van der Waals surface area contributed by atoms with E-state index in [1.165, 1.54) is 33.4 Å². The second-order valence-corrected chi connectivity index (χ2v) is 11.0. The zero-order valence-corrected chi connectivity index (χ0v) is 19.9. The number of thiazole rings is 1. The molecule has 5 rings (SSSR count). The van der Waals surface area contributed by atoms with Gasteiger partial charge in [0, 0.05) is 25.6 Å². The molecule has 164 valence electrons. The highest BCUT2D eigenvalue weighted by Gasteiger charge is 2.27. The van der Waals surface area contributed by atoms with Gasteiger partial charge in [-0.3, -0.25) is 4.79 Å². The molecule has 9 heteroatoms. The fraction of sp³-hybridized carbons (Fsp3) is 0.304. The molecular formula is C23H23N5OS3. The number of carbonyl (C=O) groups is 1. The molecule has 0 saturated carbocycles. The smallest absolute Gasteiger partial charge is 0.233 e. The minimum absolute atomic E-state index is 0.162. The molecule has 3 heterocycles. The maximum Gasteiger partial charge on any atom is 0.233 e. The second kappa shape index (κ2) is 9.97. The zero-order chi connectivity index (χ0) is 21.8. The summed E-state index contributed by atoms with van der Waals surface area (Å²) >= 11 is 4.71. The standard InChI is InChI=1S/C23H23N5OS3/c29-20(15-30-23-27-26-22(32-23)24-13-16-7-2-1-3-8-16)28-12-6-9-17(14-28)21-25-18-10-4-5-11-19(18)31-21/h1-5,7-8,10-11,17H,6,9,12-15H2,(H,24,26)/t17-/m1/s1. The van der Waals surface area contributed by atoms with E-state index in [9.17, 15) is 4.79 Å². The number of anilines is 1. The third-order valence-electron chi connectivity index (χ3n) is 5.45. The lowest BCUT2D eigenvalue weighted by Crippen LogP contribution is -2.40. The second-order valence-electron chi connectivity index (χ2n) is 7.70. The first kappa shape index (κ1) is 21.4. The zero-order valence-electron chi connectivity index (χ0n) is 17.4. The van der Waals surface area contributed by atoms with E-state index in [1.54, 1.807) is 11.3 Å². The SMILES string of the molecule is O=C(CSc1nnc(NCc2ccccc2)s1)N1CCC[C@@H](c2nc3ccccc3s2)C1. The van der Waals surface area contributed by atoms with Crippen molar-refractivity contribution in [3.05, 3.63) is 65.2 Å². The Hall–Kier alpha value is -2.49. The molecule has 1 fully saturated rings. The molecule has 0 aliphatic carbocycles. The molecule has 32 heavy (non-hydrogen) atoms. The molecular weight excluding hydrogens is 458 g/mol. The van der Waals surface area contributed by atoms with Crippen molar-refractivity contribution in [1.29, 1.82) is 0 Å². The Kier molecular flexibility index (Phi) is 6.66. The number of piperidine rings is 1. The van der Waals surface area contributed by atoms with Crippen LogP contribution in [0.4, 0.5) is 5.13 Å². The molecule has 0 bridgehead atoms. The fourth-order valence-corrected chi connectivity index (χ4v) is 6.54. The number of likely N-dealkylation sites (tertiary alicyclic amines) is 1. The number of rotatable bonds is 7. The number of hydrogen-bond donors (Lipinski definition) is 1. The van der Waals surface area contributed by atoms with Crippen molar-refractivity contribution in [2.45, 2.75) is 29.6 Å². The van der Waals surface area contributed by atoms with E-state index in [0.29, 0.717) is 18.2 Å². The first-order valence-corrected chi connectivity index (χ1v) is 13.2. The third kappa shape index (κ3) is 5.11. The van der Waals surface area contributed by atoms with Gasteiger partial charge in [-0.1, -0.05) is 65.6 Å². The highest BCUT2D eigenvalue weighted by molar-refractivity contribution is 8.01. The summed E-state index contributed by atoms with van der Waals surface area (Å²) in [6.45, 7) is 2.28. The van der Waals surface area contributed by atoms with E-state index in [1.807, 2.05) is 35.2 Å². The Bertz CT molecular complexity index is 1160. The highest BCUT2D eigenvalue weighted by atomic mass is 32.2. The van der Waals surface area contributed by atoms with Gasteiger partial charge in [0.05, 0.1) is 21.0 Å². The lowest BCUT2D eigenvalue weighted by atomic mass is 9.99. The summed E-state index contributed by atoms with van der Waals surface area (Å²) in [5, 5.41) is 13.6. The molecule has 0 unspecified atom stereocenters. The van der Waals surface area contributed by atoms with Crippen LogP contribution < -0.4 is 5.32 Å². The van der Waals surface area contributed by atoms with Crippen molar-refractivity contribution in [2.75, 3.05) is 24.2 Å². The van der Waals surface area contributed by atoms with E-state index in [0.717, 1.165) is 45.9 Å². The van der Waals surface area contributed by atoms with Crippen LogP contribution in [-0.4, -0.2) is 44.8 Å². The van der Waals surface area contributed by atoms with Crippen molar-refractivity contribution < 1.29 is 4.79 Å². The predicted octanol–water partition coefficient (Wildman–Crippen LogP) is 5.26. The van der Waals surface area contributed by atoms with E-state index in [-0.39, 0.29) is 5.91 Å². The van der Waals surface area contributed by atoms with Gasteiger partial charge in [-0.15, -0.1) is 21.5 Å². The number of fused-ring (bicyclic) bond motifs is 1. The van der Waals surface area contributed by atoms with Crippen LogP contribution in [0.2, 0.25) is 0 Å². The lowest BCUT2D eigenvalue weighted by molar-refractivity contribution is -0.129. The summed E-state index contributed by atoms with van der Waals surface area (Å²) < 4.78 is 2.03. The van der Waals surface area contributed by atoms with Gasteiger partial charge >= 0.3 is 0 Å². The van der Waals surface area contributed by atoms with Crippen LogP contribution in [0.15, 0.2) is 58.9 Å². The summed E-state index contributed by atoms with van der Waals surface area (Å²) in [5.74, 6) is 0.875. The monoisotopic (exact) mass is 481 g/mol. The summed E-state index contributed by atoms with van der Waals surface area (Å²) in [5.41, 5.74) is 2.25. The Balaban J connectivity index is 1.13. The van der Waals surface area contributed by atoms with Crippen LogP contribution in [0.3, 0.4) is 0 Å². The predicted molar refractivity (Wildman–Crippen MR) is 133 cm³/mol. The topological polar surface area (TPSA) is 71.0 Å². The van der Waals surface area contributed by atoms with Gasteiger partial charge in [0.15, 0.2) is 4.34 Å². The molecule has 2 aromatic heterocycles. The Morgan fingerprint density at radius 1 is 1.09 bits per heavy atom. The van der Waals surface area contributed by atoms with Crippen molar-refractivity contribution in [3.8, 4) is 0 Å². The Morgan fingerprint density at radius 3 is 2.81 bits per heavy atom. The molecule has 1 saturated heterocycles. The summed E-state index contributed by atoms with van der Waals surface area (Å²) in [6.07, 6.45) is 2.10. The molecule has 6 nitrogen and oxygen atoms in total. The summed E-state index contributed by atoms with van der Waals surface area (Å²) in [7, 11) is 0. The maximum absolute atomic E-state index is 12.9. The summed E-state index contributed by atoms with van der Waals surface area (Å²) in [6, 6.07) is 18.4. The Labute approximate surface area is 199 Å². The molecule has 1 atom stereocenters. The minimum Gasteiger partial charge on any atom is -0.356 e. The molecule has 0 spiro atoms. The van der Waals surface area contributed by atoms with Crippen molar-refractivity contribution in [2.24, 2.45) is 0 Å². The number of nitrogens with zero attached hydrogens (tertiary/aromatic N) is 4. The molecule has 1 amide bonds. The van der Waals surface area contributed by atoms with Crippen molar-refractivity contribution in [3.63, 3.8) is 0 Å². The van der Waals surface area contributed by atoms with Crippen LogP contribution in [0.5, 0.6) is 0 Å². The van der Waals surface area contributed by atoms with Gasteiger partial charge in [0.1, 0.15) is 0 Å². The van der Waals surface area contributed by atoms with Crippen LogP contribution in [0.25, 0.3) is 10.2 Å². The van der Waals surface area contributed by atoms with Gasteiger partial charge in [-0.25, -0.2) is 4.98 Å². The number of carbonyl (C=O) groups excluding carboxylic acids is 1. The van der Waals surface area contributed by atoms with Crippen molar-refractivity contribution in [1.82, 2.24) is 20.1 Å². The Morgan fingerprint density at radius 2 is 1.94 bits per heavy atom. The van der Waals surface area contributed by atoms with E-state index in [2.05, 4.69) is 39.8 Å². The number of thioether (sulfide) groups is 1. The number of amides is 1. The summed E-state index contributed by atoms with van der Waals surface area (Å²) in [4.78, 5) is 19.7. The first-order valence-electron chi connectivity index (χ1n) is 10.6. The van der Waals surface area contributed by atoms with E-state index in [4.69, 9.17) is 4.98 Å². The van der Waals surface area contributed by atoms with E-state index < -0.39 is 0 Å². The number of benzene rings is 2. The van der Waals surface area contributed by atoms with Gasteiger partial charge in [0.25, 0.3) is 0 Å². The lowest BCUT2D eigenvalue weighted by Gasteiger charge is -2.31. The van der Waals surface area contributed by atoms with E-state index >= 15 is 0 Å². The minimum atomic E-state index is 0.162. The molecule has 1 aliphatic rings. The number of aromatic nitrogens is 3. The number of hydrogen-bond acceptors (Lipinski definition) is 8. The normalized spacial score (nSPS) is 16.4. The maximum atomic E-state index is 12.9. The molecule has 0 radical (unpaired) electrons. The molecule has 1 aliphatic heterocycles. The third-order valence-corrected chi connectivity index (χ3v) is 8.64. The van der Waals surface area contributed by atoms with Crippen LogP contribution in [0.1, 0.15) is 29.3 Å². The van der Waals surface area contributed by atoms with Crippen LogP contribution in [0, 0.1) is 0 Å². The highest BCUT2D eigenvalue weighted by Crippen LogP contribution is 2.33. The van der Waals surface area contributed by atoms with Gasteiger partial charge in [0.2, 0.25) is 11.0 Å². The molecule has 1 N–H and O–H groups in total. The fourth-order valence-electron chi connectivity index (χ4n) is 3.80. The number of para-hydroxylation sites is 1. The quantitative estimate of drug-likeness (QED) is 0.363. The largest absolute Gasteiger partial charge is 0.356 e. The average Bonchev–Trinajstić information content (AvgIpc) is 3.49. The van der Waals surface area contributed by atoms with Crippen molar-refractivity contribution >= 4 is 55.7 Å². The van der Waals surface area contributed by atoms with Gasteiger partial charge in [-0.2, -0.15) is 0 Å². The van der Waals surface area contributed by atoms with Gasteiger partial charge in [-0.05, 0) is 30.5 Å². The molecule has 2 aromatic carbocycles. The first-order chi connectivity index (χ1) is 15.7. The van der Waals surface area contributed by atoms with Crippen LogP contribution >= 0.6 is 34.4 Å².